The SMILES string of the molecule is Cc1nc2cc(CN(C)CC3CCNC3)ccc2o1. The standard InChI is InChI=1S/C15H21N3O/c1-11-17-14-7-12(3-4-15(14)19-11)9-18(2)10-13-5-6-16-8-13/h3-4,7,13,16H,5-6,8-10H2,1-2H3. The van der Waals surface area contributed by atoms with Gasteiger partial charge in [-0.2, -0.15) is 0 Å². The van der Waals surface area contributed by atoms with E-state index in [0.717, 1.165) is 42.5 Å². The van der Waals surface area contributed by atoms with E-state index in [9.17, 15) is 0 Å². The summed E-state index contributed by atoms with van der Waals surface area (Å²) < 4.78 is 5.50. The van der Waals surface area contributed by atoms with Gasteiger partial charge >= 0.3 is 0 Å². The smallest absolute Gasteiger partial charge is 0.192 e. The summed E-state index contributed by atoms with van der Waals surface area (Å²) in [5.74, 6) is 1.53. The van der Waals surface area contributed by atoms with Crippen molar-refractivity contribution in [2.45, 2.75) is 19.9 Å². The highest BCUT2D eigenvalue weighted by Crippen LogP contribution is 2.18. The molecule has 0 spiro atoms. The summed E-state index contributed by atoms with van der Waals surface area (Å²) in [7, 11) is 2.19. The molecule has 102 valence electrons. The fourth-order valence-electron chi connectivity index (χ4n) is 2.87. The van der Waals surface area contributed by atoms with Crippen LogP contribution in [0.2, 0.25) is 0 Å². The Morgan fingerprint density at radius 3 is 3.16 bits per heavy atom. The normalized spacial score (nSPS) is 19.6. The zero-order valence-corrected chi connectivity index (χ0v) is 11.6. The van der Waals surface area contributed by atoms with E-state index in [1.807, 2.05) is 13.0 Å². The average molecular weight is 259 g/mol. The molecule has 1 atom stereocenters. The highest BCUT2D eigenvalue weighted by atomic mass is 16.3. The van der Waals surface area contributed by atoms with Crippen molar-refractivity contribution in [1.82, 2.24) is 15.2 Å². The second kappa shape index (κ2) is 5.31. The maximum Gasteiger partial charge on any atom is 0.192 e. The second-order valence-corrected chi connectivity index (χ2v) is 5.59. The molecule has 2 aromatic rings. The molecule has 0 amide bonds. The molecule has 1 aromatic carbocycles. The lowest BCUT2D eigenvalue weighted by Crippen LogP contribution is -2.26. The number of nitrogens with zero attached hydrogens (tertiary/aromatic N) is 2. The van der Waals surface area contributed by atoms with Crippen LogP contribution in [0.1, 0.15) is 17.9 Å². The molecule has 0 bridgehead atoms. The van der Waals surface area contributed by atoms with Crippen LogP contribution in [0.4, 0.5) is 0 Å². The van der Waals surface area contributed by atoms with E-state index in [-0.39, 0.29) is 0 Å². The summed E-state index contributed by atoms with van der Waals surface area (Å²) in [5.41, 5.74) is 3.14. The summed E-state index contributed by atoms with van der Waals surface area (Å²) >= 11 is 0. The van der Waals surface area contributed by atoms with Gasteiger partial charge in [-0.15, -0.1) is 0 Å². The number of nitrogens with one attached hydrogen (secondary N) is 1. The van der Waals surface area contributed by atoms with E-state index < -0.39 is 0 Å². The number of aromatic nitrogens is 1. The molecule has 4 heteroatoms. The molecule has 1 aliphatic heterocycles. The van der Waals surface area contributed by atoms with Crippen molar-refractivity contribution in [3.8, 4) is 0 Å². The monoisotopic (exact) mass is 259 g/mol. The molecular weight excluding hydrogens is 238 g/mol. The Balaban J connectivity index is 1.66. The lowest BCUT2D eigenvalue weighted by atomic mass is 10.1. The molecule has 0 radical (unpaired) electrons. The van der Waals surface area contributed by atoms with Crippen LogP contribution in [-0.4, -0.2) is 36.6 Å². The second-order valence-electron chi connectivity index (χ2n) is 5.59. The molecule has 1 saturated heterocycles. The number of rotatable bonds is 4. The minimum atomic E-state index is 0.734. The van der Waals surface area contributed by atoms with Gasteiger partial charge in [0.25, 0.3) is 0 Å². The molecule has 19 heavy (non-hydrogen) atoms. The number of aryl methyl sites for hydroxylation is 1. The Bertz CT molecular complexity index is 558. The molecular formula is C15H21N3O. The van der Waals surface area contributed by atoms with Crippen LogP contribution in [-0.2, 0) is 6.54 Å². The summed E-state index contributed by atoms with van der Waals surface area (Å²) in [6, 6.07) is 6.29. The van der Waals surface area contributed by atoms with Crippen molar-refractivity contribution >= 4 is 11.1 Å². The molecule has 4 nitrogen and oxygen atoms in total. The van der Waals surface area contributed by atoms with E-state index in [1.54, 1.807) is 0 Å². The first-order valence-corrected chi connectivity index (χ1v) is 6.96. The van der Waals surface area contributed by atoms with Crippen molar-refractivity contribution in [1.29, 1.82) is 0 Å². The summed E-state index contributed by atoms with van der Waals surface area (Å²) in [6.07, 6.45) is 1.30. The van der Waals surface area contributed by atoms with Gasteiger partial charge in [-0.25, -0.2) is 4.98 Å². The maximum atomic E-state index is 5.50. The fourth-order valence-corrected chi connectivity index (χ4v) is 2.87. The van der Waals surface area contributed by atoms with Crippen LogP contribution in [0, 0.1) is 12.8 Å². The van der Waals surface area contributed by atoms with E-state index in [2.05, 4.69) is 34.4 Å². The quantitative estimate of drug-likeness (QED) is 0.913. The Hall–Kier alpha value is -1.39. The van der Waals surface area contributed by atoms with Gasteiger partial charge in [-0.1, -0.05) is 6.07 Å². The lowest BCUT2D eigenvalue weighted by molar-refractivity contribution is 0.278. The van der Waals surface area contributed by atoms with Crippen LogP contribution in [0.5, 0.6) is 0 Å². The molecule has 2 heterocycles. The molecule has 1 fully saturated rings. The van der Waals surface area contributed by atoms with Crippen LogP contribution < -0.4 is 5.32 Å². The predicted octanol–water partition coefficient (Wildman–Crippen LogP) is 2.18. The van der Waals surface area contributed by atoms with Gasteiger partial charge in [0, 0.05) is 20.0 Å². The van der Waals surface area contributed by atoms with Gasteiger partial charge in [0.1, 0.15) is 5.52 Å². The number of oxazole rings is 1. The number of hydrogen-bond acceptors (Lipinski definition) is 4. The van der Waals surface area contributed by atoms with Gasteiger partial charge in [-0.05, 0) is 50.2 Å². The van der Waals surface area contributed by atoms with E-state index >= 15 is 0 Å². The molecule has 1 unspecified atom stereocenters. The maximum absolute atomic E-state index is 5.50. The lowest BCUT2D eigenvalue weighted by Gasteiger charge is -2.20. The van der Waals surface area contributed by atoms with Gasteiger partial charge in [-0.3, -0.25) is 0 Å². The Morgan fingerprint density at radius 1 is 1.47 bits per heavy atom. The first kappa shape index (κ1) is 12.6. The molecule has 1 aliphatic rings. The third-order valence-corrected chi connectivity index (χ3v) is 3.74. The average Bonchev–Trinajstić information content (AvgIpc) is 2.96. The van der Waals surface area contributed by atoms with Gasteiger partial charge in [0.2, 0.25) is 0 Å². The topological polar surface area (TPSA) is 41.3 Å². The van der Waals surface area contributed by atoms with Crippen LogP contribution >= 0.6 is 0 Å². The highest BCUT2D eigenvalue weighted by Gasteiger charge is 2.16. The number of benzene rings is 1. The van der Waals surface area contributed by atoms with Crippen molar-refractivity contribution in [2.75, 3.05) is 26.7 Å². The van der Waals surface area contributed by atoms with Crippen LogP contribution in [0.3, 0.4) is 0 Å². The fraction of sp³-hybridized carbons (Fsp3) is 0.533. The summed E-state index contributed by atoms with van der Waals surface area (Å²) in [4.78, 5) is 6.78. The van der Waals surface area contributed by atoms with Gasteiger partial charge < -0.3 is 14.6 Å². The van der Waals surface area contributed by atoms with Crippen LogP contribution in [0.25, 0.3) is 11.1 Å². The third kappa shape index (κ3) is 2.96. The zero-order valence-electron chi connectivity index (χ0n) is 11.6. The van der Waals surface area contributed by atoms with E-state index in [4.69, 9.17) is 4.42 Å². The number of fused-ring (bicyclic) bond motifs is 1. The summed E-state index contributed by atoms with van der Waals surface area (Å²) in [5, 5.41) is 3.42. The van der Waals surface area contributed by atoms with Crippen molar-refractivity contribution in [3.63, 3.8) is 0 Å². The van der Waals surface area contributed by atoms with Crippen molar-refractivity contribution in [3.05, 3.63) is 29.7 Å². The minimum Gasteiger partial charge on any atom is -0.441 e. The Morgan fingerprint density at radius 2 is 2.37 bits per heavy atom. The minimum absolute atomic E-state index is 0.734. The van der Waals surface area contributed by atoms with Gasteiger partial charge in [0.05, 0.1) is 0 Å². The van der Waals surface area contributed by atoms with Crippen molar-refractivity contribution < 1.29 is 4.42 Å². The first-order valence-electron chi connectivity index (χ1n) is 6.96. The first-order chi connectivity index (χ1) is 9.20. The molecule has 0 aliphatic carbocycles. The van der Waals surface area contributed by atoms with Gasteiger partial charge in [0.15, 0.2) is 11.5 Å². The highest BCUT2D eigenvalue weighted by molar-refractivity contribution is 5.73. The predicted molar refractivity (Wildman–Crippen MR) is 76.1 cm³/mol. The van der Waals surface area contributed by atoms with E-state index in [0.29, 0.717) is 0 Å². The van der Waals surface area contributed by atoms with Crippen LogP contribution in [0.15, 0.2) is 22.6 Å². The zero-order chi connectivity index (χ0) is 13.2. The third-order valence-electron chi connectivity index (χ3n) is 3.74. The number of hydrogen-bond donors (Lipinski definition) is 1. The summed E-state index contributed by atoms with van der Waals surface area (Å²) in [6.45, 7) is 6.34. The molecule has 1 N–H and O–H groups in total. The largest absolute Gasteiger partial charge is 0.441 e. The molecule has 3 rings (SSSR count). The molecule has 1 aromatic heterocycles. The Kier molecular flexibility index (Phi) is 3.53. The Labute approximate surface area is 113 Å². The van der Waals surface area contributed by atoms with Crippen molar-refractivity contribution in [2.24, 2.45) is 5.92 Å². The molecule has 0 saturated carbocycles. The van der Waals surface area contributed by atoms with E-state index in [1.165, 1.54) is 18.5 Å².